The van der Waals surface area contributed by atoms with Gasteiger partial charge >= 0.3 is 6.18 Å². The number of rotatable bonds is 1. The van der Waals surface area contributed by atoms with Crippen molar-refractivity contribution in [2.24, 2.45) is 10.8 Å². The molecule has 2 saturated heterocycles. The Labute approximate surface area is 128 Å². The highest BCUT2D eigenvalue weighted by Crippen LogP contribution is 2.48. The Morgan fingerprint density at radius 2 is 1.41 bits per heavy atom. The number of piperidine rings is 1. The highest BCUT2D eigenvalue weighted by atomic mass is 19.4. The lowest BCUT2D eigenvalue weighted by Crippen LogP contribution is -2.60. The first kappa shape index (κ1) is 17.1. The summed E-state index contributed by atoms with van der Waals surface area (Å²) < 4.78 is 40.7. The summed E-state index contributed by atoms with van der Waals surface area (Å²) in [6, 6.07) is 0. The summed E-state index contributed by atoms with van der Waals surface area (Å²) in [7, 11) is 0. The zero-order chi connectivity index (χ0) is 16.8. The summed E-state index contributed by atoms with van der Waals surface area (Å²) in [4.78, 5) is 27.3. The van der Waals surface area contributed by atoms with Gasteiger partial charge in [-0.2, -0.15) is 13.2 Å². The van der Waals surface area contributed by atoms with Gasteiger partial charge in [0.2, 0.25) is 11.8 Å². The van der Waals surface area contributed by atoms with E-state index >= 15 is 0 Å². The van der Waals surface area contributed by atoms with Crippen LogP contribution in [0.5, 0.6) is 0 Å². The average molecular weight is 320 g/mol. The molecule has 2 aliphatic rings. The van der Waals surface area contributed by atoms with E-state index in [1.165, 1.54) is 9.80 Å². The SMILES string of the molecule is CC(C)(C)C(=O)N1CCC(C(=O)N2CCC2)(C(F)(F)F)CC1. The number of amides is 2. The van der Waals surface area contributed by atoms with Gasteiger partial charge in [-0.1, -0.05) is 20.8 Å². The van der Waals surface area contributed by atoms with Crippen LogP contribution in [0.25, 0.3) is 0 Å². The molecule has 22 heavy (non-hydrogen) atoms. The lowest BCUT2D eigenvalue weighted by Gasteiger charge is -2.46. The van der Waals surface area contributed by atoms with Crippen LogP contribution >= 0.6 is 0 Å². The lowest BCUT2D eigenvalue weighted by atomic mass is 9.75. The van der Waals surface area contributed by atoms with Gasteiger partial charge in [0.25, 0.3) is 0 Å². The number of halogens is 3. The fraction of sp³-hybridized carbons (Fsp3) is 0.867. The molecule has 0 unspecified atom stereocenters. The molecule has 0 N–H and O–H groups in total. The molecule has 0 saturated carbocycles. The predicted octanol–water partition coefficient (Wildman–Crippen LogP) is 2.44. The minimum atomic E-state index is -4.57. The molecule has 7 heteroatoms. The summed E-state index contributed by atoms with van der Waals surface area (Å²) in [6.45, 7) is 6.00. The van der Waals surface area contributed by atoms with Gasteiger partial charge in [-0.15, -0.1) is 0 Å². The van der Waals surface area contributed by atoms with Gasteiger partial charge in [0.15, 0.2) is 0 Å². The molecule has 0 aromatic carbocycles. The van der Waals surface area contributed by atoms with E-state index in [2.05, 4.69) is 0 Å². The first-order valence-electron chi connectivity index (χ1n) is 7.64. The van der Waals surface area contributed by atoms with Crippen molar-refractivity contribution in [2.75, 3.05) is 26.2 Å². The highest BCUT2D eigenvalue weighted by molar-refractivity contribution is 5.85. The molecule has 126 valence electrons. The molecule has 2 aliphatic heterocycles. The second-order valence-electron chi connectivity index (χ2n) is 7.27. The summed E-state index contributed by atoms with van der Waals surface area (Å²) in [5, 5.41) is 0. The molecular weight excluding hydrogens is 297 g/mol. The van der Waals surface area contributed by atoms with Crippen molar-refractivity contribution in [3.63, 3.8) is 0 Å². The second kappa shape index (κ2) is 5.42. The molecule has 2 heterocycles. The van der Waals surface area contributed by atoms with Crippen LogP contribution in [-0.2, 0) is 9.59 Å². The van der Waals surface area contributed by atoms with E-state index in [9.17, 15) is 22.8 Å². The molecule has 0 radical (unpaired) electrons. The molecule has 0 aromatic rings. The number of nitrogens with zero attached hydrogens (tertiary/aromatic N) is 2. The van der Waals surface area contributed by atoms with Gasteiger partial charge in [0.05, 0.1) is 0 Å². The lowest BCUT2D eigenvalue weighted by molar-refractivity contribution is -0.240. The van der Waals surface area contributed by atoms with E-state index in [0.29, 0.717) is 13.1 Å². The van der Waals surface area contributed by atoms with Gasteiger partial charge < -0.3 is 9.80 Å². The average Bonchev–Trinajstić information content (AvgIpc) is 2.33. The Morgan fingerprint density at radius 3 is 1.73 bits per heavy atom. The number of hydrogen-bond donors (Lipinski definition) is 0. The van der Waals surface area contributed by atoms with E-state index in [0.717, 1.165) is 6.42 Å². The highest BCUT2D eigenvalue weighted by Gasteiger charge is 2.62. The van der Waals surface area contributed by atoms with Crippen LogP contribution in [0.1, 0.15) is 40.0 Å². The van der Waals surface area contributed by atoms with Crippen molar-refractivity contribution in [3.8, 4) is 0 Å². The van der Waals surface area contributed by atoms with Crippen LogP contribution in [0, 0.1) is 10.8 Å². The molecule has 0 atom stereocenters. The Bertz CT molecular complexity index is 456. The van der Waals surface area contributed by atoms with Crippen LogP contribution in [0.2, 0.25) is 0 Å². The standard InChI is InChI=1S/C15H23F3N2O2/c1-13(2,3)11(21)20-9-5-14(6-10-20,15(16,17)18)12(22)19-7-4-8-19/h4-10H2,1-3H3. The van der Waals surface area contributed by atoms with Gasteiger partial charge in [0, 0.05) is 31.6 Å². The van der Waals surface area contributed by atoms with E-state index < -0.39 is 22.9 Å². The summed E-state index contributed by atoms with van der Waals surface area (Å²) in [6.07, 6.45) is -4.49. The first-order chi connectivity index (χ1) is 9.99. The van der Waals surface area contributed by atoms with Gasteiger partial charge in [-0.3, -0.25) is 9.59 Å². The van der Waals surface area contributed by atoms with Crippen LogP contribution in [0.4, 0.5) is 13.2 Å². The van der Waals surface area contributed by atoms with Crippen molar-refractivity contribution in [1.29, 1.82) is 0 Å². The van der Waals surface area contributed by atoms with Crippen molar-refractivity contribution in [2.45, 2.75) is 46.2 Å². The molecule has 2 amide bonds. The molecule has 2 rings (SSSR count). The number of carbonyl (C=O) groups excluding carboxylic acids is 2. The molecule has 0 aromatic heterocycles. The van der Waals surface area contributed by atoms with Gasteiger partial charge in [-0.25, -0.2) is 0 Å². The third kappa shape index (κ3) is 2.82. The minimum Gasteiger partial charge on any atom is -0.342 e. The van der Waals surface area contributed by atoms with E-state index in [1.54, 1.807) is 20.8 Å². The van der Waals surface area contributed by atoms with Crippen molar-refractivity contribution in [3.05, 3.63) is 0 Å². The third-order valence-corrected chi connectivity index (χ3v) is 4.64. The van der Waals surface area contributed by atoms with Crippen molar-refractivity contribution >= 4 is 11.8 Å². The van der Waals surface area contributed by atoms with E-state index in [1.807, 2.05) is 0 Å². The first-order valence-corrected chi connectivity index (χ1v) is 7.64. The molecule has 0 bridgehead atoms. The van der Waals surface area contributed by atoms with Crippen LogP contribution in [0.15, 0.2) is 0 Å². The second-order valence-corrected chi connectivity index (χ2v) is 7.27. The number of hydrogen-bond acceptors (Lipinski definition) is 2. The maximum Gasteiger partial charge on any atom is 0.403 e. The van der Waals surface area contributed by atoms with Gasteiger partial charge in [0.1, 0.15) is 5.41 Å². The Morgan fingerprint density at radius 1 is 0.909 bits per heavy atom. The fourth-order valence-electron chi connectivity index (χ4n) is 3.01. The number of alkyl halides is 3. The Kier molecular flexibility index (Phi) is 4.21. The smallest absolute Gasteiger partial charge is 0.342 e. The quantitative estimate of drug-likeness (QED) is 0.744. The monoisotopic (exact) mass is 320 g/mol. The van der Waals surface area contributed by atoms with Crippen LogP contribution in [0.3, 0.4) is 0 Å². The van der Waals surface area contributed by atoms with Gasteiger partial charge in [-0.05, 0) is 19.3 Å². The maximum atomic E-state index is 13.6. The summed E-state index contributed by atoms with van der Waals surface area (Å²) in [5.41, 5.74) is -2.94. The zero-order valence-corrected chi connectivity index (χ0v) is 13.3. The van der Waals surface area contributed by atoms with Crippen molar-refractivity contribution in [1.82, 2.24) is 9.80 Å². The Balaban J connectivity index is 2.15. The van der Waals surface area contributed by atoms with Crippen LogP contribution < -0.4 is 0 Å². The molecular formula is C15H23F3N2O2. The van der Waals surface area contributed by atoms with Crippen LogP contribution in [-0.4, -0.2) is 54.0 Å². The minimum absolute atomic E-state index is 0.0187. The maximum absolute atomic E-state index is 13.6. The predicted molar refractivity (Wildman–Crippen MR) is 75.0 cm³/mol. The summed E-state index contributed by atoms with van der Waals surface area (Å²) >= 11 is 0. The zero-order valence-electron chi connectivity index (χ0n) is 13.3. The summed E-state index contributed by atoms with van der Waals surface area (Å²) in [5.74, 6) is -0.978. The van der Waals surface area contributed by atoms with E-state index in [4.69, 9.17) is 0 Å². The topological polar surface area (TPSA) is 40.6 Å². The van der Waals surface area contributed by atoms with Crippen molar-refractivity contribution < 1.29 is 22.8 Å². The fourth-order valence-corrected chi connectivity index (χ4v) is 3.01. The molecule has 4 nitrogen and oxygen atoms in total. The Hall–Kier alpha value is -1.27. The molecule has 0 aliphatic carbocycles. The molecule has 0 spiro atoms. The largest absolute Gasteiger partial charge is 0.403 e. The normalized spacial score (nSPS) is 22.3. The molecule has 2 fully saturated rings. The number of likely N-dealkylation sites (tertiary alicyclic amines) is 2. The van der Waals surface area contributed by atoms with E-state index in [-0.39, 0.29) is 31.8 Å². The third-order valence-electron chi connectivity index (χ3n) is 4.64. The number of carbonyl (C=O) groups is 2.